The highest BCUT2D eigenvalue weighted by Gasteiger charge is 2.15. The van der Waals surface area contributed by atoms with Crippen molar-refractivity contribution in [3.8, 4) is 0 Å². The molecule has 0 amide bonds. The normalized spacial score (nSPS) is 17.6. The summed E-state index contributed by atoms with van der Waals surface area (Å²) in [6.07, 6.45) is 3.87. The van der Waals surface area contributed by atoms with Gasteiger partial charge < -0.3 is 10.2 Å². The minimum absolute atomic E-state index is 0.469. The summed E-state index contributed by atoms with van der Waals surface area (Å²) in [5.74, 6) is 0. The number of likely N-dealkylation sites (tertiary alicyclic amines) is 1. The van der Waals surface area contributed by atoms with E-state index in [4.69, 9.17) is 0 Å². The average Bonchev–Trinajstić information content (AvgIpc) is 3.21. The first kappa shape index (κ1) is 14.3. The van der Waals surface area contributed by atoms with Crippen molar-refractivity contribution in [3.05, 3.63) is 44.8 Å². The second-order valence-electron chi connectivity index (χ2n) is 5.35. The van der Waals surface area contributed by atoms with Crippen molar-refractivity contribution in [3.63, 3.8) is 0 Å². The zero-order valence-corrected chi connectivity index (χ0v) is 13.4. The van der Waals surface area contributed by atoms with Gasteiger partial charge in [0.15, 0.2) is 0 Å². The summed E-state index contributed by atoms with van der Waals surface area (Å²) in [7, 11) is 0. The Kier molecular flexibility index (Phi) is 5.25. The van der Waals surface area contributed by atoms with Gasteiger partial charge in [0.05, 0.1) is 0 Å². The van der Waals surface area contributed by atoms with Crippen LogP contribution >= 0.6 is 22.7 Å². The van der Waals surface area contributed by atoms with E-state index in [0.717, 1.165) is 13.0 Å². The lowest BCUT2D eigenvalue weighted by molar-refractivity contribution is 0.328. The molecule has 1 fully saturated rings. The molecule has 3 rings (SSSR count). The molecule has 108 valence electrons. The van der Waals surface area contributed by atoms with Gasteiger partial charge in [-0.1, -0.05) is 12.1 Å². The third-order valence-electron chi connectivity index (χ3n) is 3.89. The van der Waals surface area contributed by atoms with Gasteiger partial charge in [-0.2, -0.15) is 0 Å². The summed E-state index contributed by atoms with van der Waals surface area (Å²) in [6, 6.07) is 9.27. The molecule has 0 aromatic carbocycles. The number of thiophene rings is 2. The van der Waals surface area contributed by atoms with Crippen LogP contribution in [0.3, 0.4) is 0 Å². The molecule has 2 aromatic rings. The smallest absolute Gasteiger partial charge is 0.0464 e. The molecule has 2 nitrogen and oxygen atoms in total. The zero-order chi connectivity index (χ0) is 13.6. The molecule has 0 aliphatic carbocycles. The molecule has 0 radical (unpaired) electrons. The van der Waals surface area contributed by atoms with Crippen LogP contribution in [-0.4, -0.2) is 31.1 Å². The highest BCUT2D eigenvalue weighted by molar-refractivity contribution is 7.10. The highest BCUT2D eigenvalue weighted by Crippen LogP contribution is 2.24. The van der Waals surface area contributed by atoms with E-state index >= 15 is 0 Å². The Morgan fingerprint density at radius 1 is 1.10 bits per heavy atom. The van der Waals surface area contributed by atoms with Crippen LogP contribution in [0.15, 0.2) is 35.0 Å². The minimum Gasteiger partial charge on any atom is -0.308 e. The van der Waals surface area contributed by atoms with Gasteiger partial charge in [-0.3, -0.25) is 0 Å². The molecule has 4 heteroatoms. The minimum atomic E-state index is 0.469. The van der Waals surface area contributed by atoms with Crippen molar-refractivity contribution in [1.29, 1.82) is 0 Å². The second-order valence-corrected chi connectivity index (χ2v) is 7.37. The molecule has 1 atom stereocenters. The molecule has 3 heterocycles. The summed E-state index contributed by atoms with van der Waals surface area (Å²) in [5.41, 5.74) is 0. The lowest BCUT2D eigenvalue weighted by Crippen LogP contribution is -2.32. The molecule has 0 bridgehead atoms. The van der Waals surface area contributed by atoms with Crippen molar-refractivity contribution >= 4 is 22.7 Å². The molecule has 1 N–H and O–H groups in total. The van der Waals surface area contributed by atoms with Crippen LogP contribution in [0.4, 0.5) is 0 Å². The van der Waals surface area contributed by atoms with Crippen molar-refractivity contribution in [2.75, 3.05) is 26.2 Å². The van der Waals surface area contributed by atoms with Gasteiger partial charge in [0.2, 0.25) is 0 Å². The largest absolute Gasteiger partial charge is 0.308 e. The topological polar surface area (TPSA) is 15.3 Å². The van der Waals surface area contributed by atoms with Crippen LogP contribution < -0.4 is 5.32 Å². The first-order chi connectivity index (χ1) is 9.92. The Morgan fingerprint density at radius 2 is 1.90 bits per heavy atom. The molecule has 2 aromatic heterocycles. The van der Waals surface area contributed by atoms with E-state index in [2.05, 4.69) is 45.2 Å². The predicted octanol–water partition coefficient (Wildman–Crippen LogP) is 3.78. The summed E-state index contributed by atoms with van der Waals surface area (Å²) < 4.78 is 0. The Bertz CT molecular complexity index is 473. The molecule has 0 spiro atoms. The standard InChI is InChI=1S/C16H22N2S2/c1-2-9-18(8-1)10-7-17-15(16-6-4-12-20-16)13-14-5-3-11-19-14/h3-6,11-12,15,17H,1-2,7-10,13H2. The Balaban J connectivity index is 1.54. The number of hydrogen-bond acceptors (Lipinski definition) is 4. The fraction of sp³-hybridized carbons (Fsp3) is 0.500. The van der Waals surface area contributed by atoms with E-state index in [9.17, 15) is 0 Å². The van der Waals surface area contributed by atoms with E-state index < -0.39 is 0 Å². The lowest BCUT2D eigenvalue weighted by Gasteiger charge is -2.20. The second kappa shape index (κ2) is 7.36. The summed E-state index contributed by atoms with van der Waals surface area (Å²) in [4.78, 5) is 5.50. The van der Waals surface area contributed by atoms with Crippen LogP contribution in [0.25, 0.3) is 0 Å². The van der Waals surface area contributed by atoms with Crippen molar-refractivity contribution in [1.82, 2.24) is 10.2 Å². The van der Waals surface area contributed by atoms with E-state index in [-0.39, 0.29) is 0 Å². The average molecular weight is 306 g/mol. The van der Waals surface area contributed by atoms with Gasteiger partial charge in [-0.15, -0.1) is 22.7 Å². The number of nitrogens with zero attached hydrogens (tertiary/aromatic N) is 1. The maximum absolute atomic E-state index is 3.76. The SMILES string of the molecule is c1csc(CC(NCCN2CCCC2)c2cccs2)c1. The lowest BCUT2D eigenvalue weighted by atomic mass is 10.1. The van der Waals surface area contributed by atoms with Gasteiger partial charge in [-0.05, 0) is 48.8 Å². The third-order valence-corrected chi connectivity index (χ3v) is 5.77. The van der Waals surface area contributed by atoms with E-state index in [1.54, 1.807) is 0 Å². The third kappa shape index (κ3) is 3.92. The van der Waals surface area contributed by atoms with Crippen LogP contribution in [-0.2, 0) is 6.42 Å². The molecule has 1 aliphatic heterocycles. The first-order valence-corrected chi connectivity index (χ1v) is 9.19. The van der Waals surface area contributed by atoms with Crippen LogP contribution in [0, 0.1) is 0 Å². The summed E-state index contributed by atoms with van der Waals surface area (Å²) >= 11 is 3.73. The monoisotopic (exact) mass is 306 g/mol. The Labute approximate surface area is 129 Å². The molecule has 20 heavy (non-hydrogen) atoms. The van der Waals surface area contributed by atoms with Gasteiger partial charge in [0, 0.05) is 35.3 Å². The molecule has 1 saturated heterocycles. The fourth-order valence-electron chi connectivity index (χ4n) is 2.80. The van der Waals surface area contributed by atoms with Gasteiger partial charge in [0.1, 0.15) is 0 Å². The molecular weight excluding hydrogens is 284 g/mol. The fourth-order valence-corrected chi connectivity index (χ4v) is 4.35. The Morgan fingerprint density at radius 3 is 2.60 bits per heavy atom. The summed E-state index contributed by atoms with van der Waals surface area (Å²) in [5, 5.41) is 8.11. The highest BCUT2D eigenvalue weighted by atomic mass is 32.1. The molecule has 0 saturated carbocycles. The Hall–Kier alpha value is -0.680. The summed E-state index contributed by atoms with van der Waals surface area (Å²) in [6.45, 7) is 4.85. The van der Waals surface area contributed by atoms with Crippen LogP contribution in [0.1, 0.15) is 28.6 Å². The van der Waals surface area contributed by atoms with Crippen molar-refractivity contribution in [2.45, 2.75) is 25.3 Å². The maximum Gasteiger partial charge on any atom is 0.0464 e. The number of nitrogens with one attached hydrogen (secondary N) is 1. The molecular formula is C16H22N2S2. The maximum atomic E-state index is 3.76. The first-order valence-electron chi connectivity index (χ1n) is 7.43. The quantitative estimate of drug-likeness (QED) is 0.837. The molecule has 1 aliphatic rings. The van der Waals surface area contributed by atoms with E-state index in [1.807, 2.05) is 22.7 Å². The van der Waals surface area contributed by atoms with Gasteiger partial charge >= 0.3 is 0 Å². The van der Waals surface area contributed by atoms with Crippen LogP contribution in [0.2, 0.25) is 0 Å². The van der Waals surface area contributed by atoms with Crippen molar-refractivity contribution in [2.24, 2.45) is 0 Å². The van der Waals surface area contributed by atoms with Gasteiger partial charge in [-0.25, -0.2) is 0 Å². The van der Waals surface area contributed by atoms with E-state index in [0.29, 0.717) is 6.04 Å². The van der Waals surface area contributed by atoms with E-state index in [1.165, 1.54) is 42.2 Å². The number of hydrogen-bond donors (Lipinski definition) is 1. The van der Waals surface area contributed by atoms with Gasteiger partial charge in [0.25, 0.3) is 0 Å². The molecule has 1 unspecified atom stereocenters. The number of rotatable bonds is 7. The predicted molar refractivity (Wildman–Crippen MR) is 88.8 cm³/mol. The zero-order valence-electron chi connectivity index (χ0n) is 11.8. The van der Waals surface area contributed by atoms with Crippen LogP contribution in [0.5, 0.6) is 0 Å². The van der Waals surface area contributed by atoms with Crippen molar-refractivity contribution < 1.29 is 0 Å².